The molecule has 2 heterocycles. The number of Topliss-reactive ketones (excluding diaryl/α,β-unsaturated/α-hetero) is 1. The molecule has 1 aromatic heterocycles. The Morgan fingerprint density at radius 3 is 2.42 bits per heavy atom. The van der Waals surface area contributed by atoms with E-state index in [4.69, 9.17) is 4.74 Å². The lowest BCUT2D eigenvalue weighted by Gasteiger charge is -2.39. The maximum absolute atomic E-state index is 13.2. The molecule has 0 spiro atoms. The molecule has 5 nitrogen and oxygen atoms in total. The van der Waals surface area contributed by atoms with E-state index in [1.54, 1.807) is 4.90 Å². The zero-order valence-electron chi connectivity index (χ0n) is 18.1. The molecule has 1 aliphatic carbocycles. The van der Waals surface area contributed by atoms with Crippen molar-refractivity contribution in [2.24, 2.45) is 5.41 Å². The van der Waals surface area contributed by atoms with E-state index in [1.165, 1.54) is 0 Å². The molecule has 0 fully saturated rings. The van der Waals surface area contributed by atoms with Gasteiger partial charge < -0.3 is 9.30 Å². The summed E-state index contributed by atoms with van der Waals surface area (Å²) in [5.74, 6) is 0.167. The van der Waals surface area contributed by atoms with Crippen molar-refractivity contribution in [3.8, 4) is 5.69 Å². The molecule has 1 aliphatic heterocycles. The fourth-order valence-corrected chi connectivity index (χ4v) is 5.00. The third kappa shape index (κ3) is 3.07. The third-order valence-corrected chi connectivity index (χ3v) is 6.22. The molecule has 0 bridgehead atoms. The molecule has 2 aliphatic rings. The number of hydrogen-bond acceptors (Lipinski definition) is 3. The monoisotopic (exact) mass is 414 g/mol. The van der Waals surface area contributed by atoms with Crippen LogP contribution in [0.2, 0.25) is 0 Å². The van der Waals surface area contributed by atoms with Crippen molar-refractivity contribution in [2.75, 3.05) is 11.5 Å². The highest BCUT2D eigenvalue weighted by atomic mass is 16.6. The summed E-state index contributed by atoms with van der Waals surface area (Å²) in [5.41, 5.74) is 5.31. The number of amides is 1. The number of hydrogen-bond donors (Lipinski definition) is 0. The van der Waals surface area contributed by atoms with E-state index in [0.29, 0.717) is 13.0 Å². The van der Waals surface area contributed by atoms with Crippen LogP contribution in [0.25, 0.3) is 5.69 Å². The van der Waals surface area contributed by atoms with E-state index in [9.17, 15) is 9.59 Å². The lowest BCUT2D eigenvalue weighted by atomic mass is 9.76. The Balaban J connectivity index is 1.82. The average molecular weight is 415 g/mol. The Morgan fingerprint density at radius 2 is 1.71 bits per heavy atom. The van der Waals surface area contributed by atoms with Crippen LogP contribution in [0.3, 0.4) is 0 Å². The van der Waals surface area contributed by atoms with Crippen LogP contribution in [0.4, 0.5) is 10.5 Å². The number of aromatic nitrogens is 1. The average Bonchev–Trinajstić information content (AvgIpc) is 3.12. The van der Waals surface area contributed by atoms with Gasteiger partial charge in [-0.25, -0.2) is 4.79 Å². The summed E-state index contributed by atoms with van der Waals surface area (Å²) in [4.78, 5) is 28.0. The second-order valence-corrected chi connectivity index (χ2v) is 9.08. The van der Waals surface area contributed by atoms with E-state index >= 15 is 0 Å². The highest BCUT2D eigenvalue weighted by Gasteiger charge is 2.42. The molecular weight excluding hydrogens is 388 g/mol. The predicted octanol–water partition coefficient (Wildman–Crippen LogP) is 5.70. The largest absolute Gasteiger partial charge is 0.449 e. The minimum atomic E-state index is -0.388. The SMILES string of the molecule is CCOC(=O)N1c2ccccc2-n2c(cc3c2CC(C)(C)CC3=O)C1c1ccccc1. The number of fused-ring (bicyclic) bond motifs is 5. The highest BCUT2D eigenvalue weighted by molar-refractivity contribution is 6.00. The molecule has 1 amide bonds. The molecule has 1 unspecified atom stereocenters. The topological polar surface area (TPSA) is 51.5 Å². The maximum Gasteiger partial charge on any atom is 0.415 e. The Bertz CT molecular complexity index is 1180. The van der Waals surface area contributed by atoms with Crippen molar-refractivity contribution >= 4 is 17.6 Å². The maximum atomic E-state index is 13.2. The van der Waals surface area contributed by atoms with Crippen LogP contribution in [0, 0.1) is 5.41 Å². The molecule has 0 saturated carbocycles. The summed E-state index contributed by atoms with van der Waals surface area (Å²) >= 11 is 0. The Labute approximate surface area is 182 Å². The molecule has 158 valence electrons. The van der Waals surface area contributed by atoms with Crippen LogP contribution >= 0.6 is 0 Å². The van der Waals surface area contributed by atoms with E-state index in [1.807, 2.05) is 67.6 Å². The first kappa shape index (κ1) is 19.6. The lowest BCUT2D eigenvalue weighted by Crippen LogP contribution is -2.40. The number of nitrogens with zero attached hydrogens (tertiary/aromatic N) is 2. The van der Waals surface area contributed by atoms with Gasteiger partial charge in [0.2, 0.25) is 0 Å². The standard InChI is InChI=1S/C26H26N2O3/c1-4-31-25(30)28-20-13-9-8-12-19(20)27-21(24(28)17-10-6-5-7-11-17)14-18-22(27)15-26(2,3)16-23(18)29/h5-14,24H,4,15-16H2,1-3H3. The highest BCUT2D eigenvalue weighted by Crippen LogP contribution is 2.47. The molecule has 0 radical (unpaired) electrons. The number of rotatable bonds is 2. The minimum absolute atomic E-state index is 0.103. The van der Waals surface area contributed by atoms with Crippen LogP contribution in [0.5, 0.6) is 0 Å². The molecule has 0 saturated heterocycles. The van der Waals surface area contributed by atoms with Gasteiger partial charge in [-0.1, -0.05) is 56.3 Å². The number of anilines is 1. The molecule has 1 atom stereocenters. The summed E-state index contributed by atoms with van der Waals surface area (Å²) in [6.45, 7) is 6.39. The molecule has 5 rings (SSSR count). The Morgan fingerprint density at radius 1 is 1.03 bits per heavy atom. The van der Waals surface area contributed by atoms with Crippen molar-refractivity contribution in [1.82, 2.24) is 4.57 Å². The van der Waals surface area contributed by atoms with Crippen molar-refractivity contribution in [3.63, 3.8) is 0 Å². The van der Waals surface area contributed by atoms with Crippen molar-refractivity contribution < 1.29 is 14.3 Å². The third-order valence-electron chi connectivity index (χ3n) is 6.22. The van der Waals surface area contributed by atoms with Crippen LogP contribution in [0.15, 0.2) is 60.7 Å². The number of carbonyl (C=O) groups is 2. The summed E-state index contributed by atoms with van der Waals surface area (Å²) in [6.07, 6.45) is 0.951. The first-order valence-corrected chi connectivity index (χ1v) is 10.8. The van der Waals surface area contributed by atoms with Crippen molar-refractivity contribution in [3.05, 3.63) is 83.2 Å². The molecule has 3 aromatic rings. The fourth-order valence-electron chi connectivity index (χ4n) is 5.00. The number of ketones is 1. The first-order chi connectivity index (χ1) is 14.9. The van der Waals surface area contributed by atoms with Gasteiger partial charge in [-0.05, 0) is 42.5 Å². The van der Waals surface area contributed by atoms with Crippen molar-refractivity contribution in [1.29, 1.82) is 0 Å². The first-order valence-electron chi connectivity index (χ1n) is 10.8. The number of para-hydroxylation sites is 2. The zero-order valence-corrected chi connectivity index (χ0v) is 18.1. The second kappa shape index (κ2) is 7.12. The smallest absolute Gasteiger partial charge is 0.415 e. The number of carbonyl (C=O) groups excluding carboxylic acids is 2. The second-order valence-electron chi connectivity index (χ2n) is 9.08. The van der Waals surface area contributed by atoms with Gasteiger partial charge in [0.25, 0.3) is 0 Å². The van der Waals surface area contributed by atoms with Crippen LogP contribution in [-0.2, 0) is 11.2 Å². The normalized spacial score (nSPS) is 18.7. The van der Waals surface area contributed by atoms with Gasteiger partial charge >= 0.3 is 6.09 Å². The summed E-state index contributed by atoms with van der Waals surface area (Å²) < 4.78 is 7.68. The van der Waals surface area contributed by atoms with Crippen molar-refractivity contribution in [2.45, 2.75) is 39.7 Å². The van der Waals surface area contributed by atoms with Gasteiger partial charge in [0, 0.05) is 17.7 Å². The Hall–Kier alpha value is -3.34. The van der Waals surface area contributed by atoms with Gasteiger partial charge in [-0.2, -0.15) is 0 Å². The summed E-state index contributed by atoms with van der Waals surface area (Å²) in [5, 5.41) is 0. The summed E-state index contributed by atoms with van der Waals surface area (Å²) in [7, 11) is 0. The minimum Gasteiger partial charge on any atom is -0.449 e. The molecule has 31 heavy (non-hydrogen) atoms. The molecule has 2 aromatic carbocycles. The van der Waals surface area contributed by atoms with E-state index in [0.717, 1.165) is 40.3 Å². The van der Waals surface area contributed by atoms with Crippen LogP contribution in [-0.4, -0.2) is 23.1 Å². The zero-order chi connectivity index (χ0) is 21.8. The van der Waals surface area contributed by atoms with Gasteiger partial charge in [-0.15, -0.1) is 0 Å². The van der Waals surface area contributed by atoms with E-state index in [-0.39, 0.29) is 23.3 Å². The Kier molecular flexibility index (Phi) is 4.50. The van der Waals surface area contributed by atoms with E-state index < -0.39 is 0 Å². The number of ether oxygens (including phenoxy) is 1. The van der Waals surface area contributed by atoms with Crippen LogP contribution in [0.1, 0.15) is 60.5 Å². The fraction of sp³-hybridized carbons (Fsp3) is 0.308. The molecular formula is C26H26N2O3. The number of benzene rings is 2. The predicted molar refractivity (Wildman–Crippen MR) is 120 cm³/mol. The molecule has 5 heteroatoms. The van der Waals surface area contributed by atoms with E-state index in [2.05, 4.69) is 18.4 Å². The van der Waals surface area contributed by atoms with Gasteiger partial charge in [0.05, 0.1) is 23.7 Å². The van der Waals surface area contributed by atoms with Crippen LogP contribution < -0.4 is 4.90 Å². The van der Waals surface area contributed by atoms with Gasteiger partial charge in [-0.3, -0.25) is 9.69 Å². The van der Waals surface area contributed by atoms with Gasteiger partial charge in [0.1, 0.15) is 6.04 Å². The summed E-state index contributed by atoms with van der Waals surface area (Å²) in [6, 6.07) is 19.4. The molecule has 0 N–H and O–H groups in total. The van der Waals surface area contributed by atoms with Gasteiger partial charge in [0.15, 0.2) is 5.78 Å². The lowest BCUT2D eigenvalue weighted by molar-refractivity contribution is 0.0910. The quantitative estimate of drug-likeness (QED) is 0.541.